The predicted molar refractivity (Wildman–Crippen MR) is 48.7 cm³/mol. The molecule has 0 aliphatic heterocycles. The fourth-order valence-corrected chi connectivity index (χ4v) is 0.587. The first-order valence-corrected chi connectivity index (χ1v) is 4.19. The van der Waals surface area contributed by atoms with Crippen LogP contribution in [0.25, 0.3) is 0 Å². The molecule has 0 saturated carbocycles. The topological polar surface area (TPSA) is 52.3 Å². The summed E-state index contributed by atoms with van der Waals surface area (Å²) < 4.78 is 4.87. The first kappa shape index (κ1) is 11.4. The minimum Gasteiger partial charge on any atom is -0.465 e. The van der Waals surface area contributed by atoms with Crippen LogP contribution in [0, 0.1) is 5.41 Å². The molecule has 72 valence electrons. The van der Waals surface area contributed by atoms with Crippen LogP contribution in [0.1, 0.15) is 34.6 Å². The van der Waals surface area contributed by atoms with Gasteiger partial charge in [0, 0.05) is 0 Å². The van der Waals surface area contributed by atoms with Crippen molar-refractivity contribution in [2.24, 2.45) is 11.1 Å². The molecule has 0 aliphatic carbocycles. The van der Waals surface area contributed by atoms with Crippen molar-refractivity contribution in [2.75, 3.05) is 6.61 Å². The van der Waals surface area contributed by atoms with Gasteiger partial charge < -0.3 is 10.5 Å². The Morgan fingerprint density at radius 2 is 1.75 bits per heavy atom. The molecule has 1 atom stereocenters. The number of carbonyl (C=O) groups is 1. The van der Waals surface area contributed by atoms with Crippen molar-refractivity contribution < 1.29 is 9.53 Å². The fraction of sp³-hybridized carbons (Fsp3) is 0.889. The van der Waals surface area contributed by atoms with E-state index in [2.05, 4.69) is 0 Å². The number of esters is 1. The van der Waals surface area contributed by atoms with Crippen molar-refractivity contribution in [1.29, 1.82) is 0 Å². The van der Waals surface area contributed by atoms with Crippen LogP contribution in [0.5, 0.6) is 0 Å². The van der Waals surface area contributed by atoms with Crippen molar-refractivity contribution in [3.05, 3.63) is 0 Å². The minimum absolute atomic E-state index is 0.279. The van der Waals surface area contributed by atoms with Gasteiger partial charge in [-0.25, -0.2) is 0 Å². The van der Waals surface area contributed by atoms with Gasteiger partial charge in [0.15, 0.2) is 0 Å². The second kappa shape index (κ2) is 3.44. The van der Waals surface area contributed by atoms with E-state index < -0.39 is 5.54 Å². The summed E-state index contributed by atoms with van der Waals surface area (Å²) in [5.41, 5.74) is 4.66. The highest BCUT2D eigenvalue weighted by molar-refractivity contribution is 5.81. The minimum atomic E-state index is -0.914. The lowest BCUT2D eigenvalue weighted by molar-refractivity contribution is -0.153. The van der Waals surface area contributed by atoms with Crippen molar-refractivity contribution in [2.45, 2.75) is 40.2 Å². The number of ether oxygens (including phenoxy) is 1. The quantitative estimate of drug-likeness (QED) is 0.641. The molecule has 0 fully saturated rings. The fourth-order valence-electron chi connectivity index (χ4n) is 0.587. The predicted octanol–water partition coefficient (Wildman–Crippen LogP) is 1.31. The monoisotopic (exact) mass is 173 g/mol. The second-order valence-corrected chi connectivity index (χ2v) is 4.17. The Bertz CT molecular complexity index is 168. The number of nitrogens with two attached hydrogens (primary N) is 1. The molecule has 0 heterocycles. The zero-order valence-corrected chi connectivity index (χ0v) is 8.60. The van der Waals surface area contributed by atoms with Gasteiger partial charge in [0.1, 0.15) is 5.54 Å². The Morgan fingerprint density at radius 1 is 1.33 bits per heavy atom. The van der Waals surface area contributed by atoms with Crippen LogP contribution in [0.4, 0.5) is 0 Å². The van der Waals surface area contributed by atoms with Crippen LogP contribution >= 0.6 is 0 Å². The molecule has 3 nitrogen and oxygen atoms in total. The van der Waals surface area contributed by atoms with E-state index in [4.69, 9.17) is 10.5 Å². The van der Waals surface area contributed by atoms with E-state index in [0.29, 0.717) is 6.61 Å². The highest BCUT2D eigenvalue weighted by Crippen LogP contribution is 2.28. The van der Waals surface area contributed by atoms with Gasteiger partial charge in [-0.15, -0.1) is 0 Å². The molecular weight excluding hydrogens is 154 g/mol. The van der Waals surface area contributed by atoms with Crippen LogP contribution in [-0.4, -0.2) is 18.1 Å². The Labute approximate surface area is 74.3 Å². The van der Waals surface area contributed by atoms with E-state index in [1.165, 1.54) is 0 Å². The molecule has 0 aliphatic rings. The molecule has 0 aromatic rings. The van der Waals surface area contributed by atoms with Gasteiger partial charge in [0.2, 0.25) is 0 Å². The lowest BCUT2D eigenvalue weighted by Crippen LogP contribution is -2.56. The Hall–Kier alpha value is -0.570. The maximum absolute atomic E-state index is 11.4. The second-order valence-electron chi connectivity index (χ2n) is 4.17. The van der Waals surface area contributed by atoms with Crippen LogP contribution in [0.2, 0.25) is 0 Å². The molecule has 0 rings (SSSR count). The highest BCUT2D eigenvalue weighted by Gasteiger charge is 2.41. The average Bonchev–Trinajstić information content (AvgIpc) is 1.85. The third-order valence-electron chi connectivity index (χ3n) is 2.26. The zero-order chi connectivity index (χ0) is 9.99. The molecule has 12 heavy (non-hydrogen) atoms. The summed E-state index contributed by atoms with van der Waals surface area (Å²) in [5, 5.41) is 0. The van der Waals surface area contributed by atoms with Crippen molar-refractivity contribution in [1.82, 2.24) is 0 Å². The largest absolute Gasteiger partial charge is 0.465 e. The molecule has 0 aromatic heterocycles. The van der Waals surface area contributed by atoms with Crippen LogP contribution in [0.3, 0.4) is 0 Å². The molecule has 1 unspecified atom stereocenters. The maximum atomic E-state index is 11.4. The van der Waals surface area contributed by atoms with Gasteiger partial charge in [0.25, 0.3) is 0 Å². The van der Waals surface area contributed by atoms with Crippen molar-refractivity contribution in [3.63, 3.8) is 0 Å². The summed E-state index contributed by atoms with van der Waals surface area (Å²) in [4.78, 5) is 11.4. The van der Waals surface area contributed by atoms with Crippen LogP contribution < -0.4 is 5.73 Å². The smallest absolute Gasteiger partial charge is 0.326 e. The molecule has 0 radical (unpaired) electrons. The summed E-state index contributed by atoms with van der Waals surface area (Å²) in [6, 6.07) is 0. The summed E-state index contributed by atoms with van der Waals surface area (Å²) in [7, 11) is 0. The number of rotatable bonds is 2. The SMILES string of the molecule is CCOC(=O)C(C)(N)C(C)(C)C. The molecule has 0 aromatic carbocycles. The van der Waals surface area contributed by atoms with Crippen LogP contribution in [-0.2, 0) is 9.53 Å². The van der Waals surface area contributed by atoms with Gasteiger partial charge in [-0.3, -0.25) is 4.79 Å². The lowest BCUT2D eigenvalue weighted by Gasteiger charge is -2.35. The molecular formula is C9H19NO2. The van der Waals surface area contributed by atoms with Gasteiger partial charge >= 0.3 is 5.97 Å². The van der Waals surface area contributed by atoms with Gasteiger partial charge in [-0.1, -0.05) is 20.8 Å². The van der Waals surface area contributed by atoms with Gasteiger partial charge in [0.05, 0.1) is 6.61 Å². The first-order chi connectivity index (χ1) is 5.23. The average molecular weight is 173 g/mol. The van der Waals surface area contributed by atoms with E-state index in [1.807, 2.05) is 20.8 Å². The molecule has 3 heteroatoms. The summed E-state index contributed by atoms with van der Waals surface area (Å²) in [6.07, 6.45) is 0. The Kier molecular flexibility index (Phi) is 3.27. The maximum Gasteiger partial charge on any atom is 0.326 e. The third-order valence-corrected chi connectivity index (χ3v) is 2.26. The van der Waals surface area contributed by atoms with Crippen molar-refractivity contribution >= 4 is 5.97 Å². The standard InChI is InChI=1S/C9H19NO2/c1-6-12-7(11)9(5,10)8(2,3)4/h6,10H2,1-5H3. The summed E-state index contributed by atoms with van der Waals surface area (Å²) in [6.45, 7) is 9.61. The number of hydrogen-bond donors (Lipinski definition) is 1. The number of hydrogen-bond acceptors (Lipinski definition) is 3. The zero-order valence-electron chi connectivity index (χ0n) is 8.60. The molecule has 0 amide bonds. The molecule has 0 saturated heterocycles. The first-order valence-electron chi connectivity index (χ1n) is 4.19. The van der Waals surface area contributed by atoms with Gasteiger partial charge in [-0.2, -0.15) is 0 Å². The Balaban J connectivity index is 4.50. The molecule has 0 bridgehead atoms. The number of carbonyl (C=O) groups excluding carboxylic acids is 1. The summed E-state index contributed by atoms with van der Waals surface area (Å²) in [5.74, 6) is -0.336. The highest BCUT2D eigenvalue weighted by atomic mass is 16.5. The van der Waals surface area contributed by atoms with E-state index in [9.17, 15) is 4.79 Å². The lowest BCUT2D eigenvalue weighted by atomic mass is 9.76. The van der Waals surface area contributed by atoms with Crippen molar-refractivity contribution in [3.8, 4) is 0 Å². The van der Waals surface area contributed by atoms with Gasteiger partial charge in [-0.05, 0) is 19.3 Å². The van der Waals surface area contributed by atoms with E-state index in [-0.39, 0.29) is 11.4 Å². The van der Waals surface area contributed by atoms with E-state index in [0.717, 1.165) is 0 Å². The van der Waals surface area contributed by atoms with E-state index in [1.54, 1.807) is 13.8 Å². The van der Waals surface area contributed by atoms with E-state index >= 15 is 0 Å². The molecule has 0 spiro atoms. The van der Waals surface area contributed by atoms with Crippen LogP contribution in [0.15, 0.2) is 0 Å². The Morgan fingerprint density at radius 3 is 2.00 bits per heavy atom. The normalized spacial score (nSPS) is 16.8. The molecule has 2 N–H and O–H groups in total. The third kappa shape index (κ3) is 2.21. The summed E-state index contributed by atoms with van der Waals surface area (Å²) >= 11 is 0.